The molecule has 0 aromatic carbocycles. The van der Waals surface area contributed by atoms with E-state index in [1.807, 2.05) is 0 Å². The minimum Gasteiger partial charge on any atom is -0.415 e. The molecule has 0 aromatic rings. The van der Waals surface area contributed by atoms with Gasteiger partial charge in [-0.2, -0.15) is 0 Å². The van der Waals surface area contributed by atoms with Crippen molar-refractivity contribution in [1.82, 2.24) is 5.32 Å². The summed E-state index contributed by atoms with van der Waals surface area (Å²) < 4.78 is 61.3. The number of aldehydes is 1. The summed E-state index contributed by atoms with van der Waals surface area (Å²) in [4.78, 5) is 25.8. The molecular weight excluding hydrogens is 807 g/mol. The summed E-state index contributed by atoms with van der Waals surface area (Å²) in [7, 11) is -15.4. The fourth-order valence-electron chi connectivity index (χ4n) is 5.91. The average Bonchev–Trinajstić information content (AvgIpc) is 2.89. The zero-order chi connectivity index (χ0) is 42.5. The van der Waals surface area contributed by atoms with E-state index in [1.54, 1.807) is 0 Å². The van der Waals surface area contributed by atoms with Crippen molar-refractivity contribution >= 4 is 70.4 Å². The molecule has 0 spiro atoms. The van der Waals surface area contributed by atoms with Crippen molar-refractivity contribution in [3.05, 3.63) is 0 Å². The summed E-state index contributed by atoms with van der Waals surface area (Å²) in [5, 5.41) is 3.13. The van der Waals surface area contributed by atoms with Gasteiger partial charge >= 0.3 is 0 Å². The third-order valence-corrected chi connectivity index (χ3v) is 14.2. The molecule has 1 aliphatic rings. The van der Waals surface area contributed by atoms with E-state index >= 15 is 0 Å². The summed E-state index contributed by atoms with van der Waals surface area (Å²) in [6.45, 7) is 46.2. The third kappa shape index (κ3) is 21.9. The van der Waals surface area contributed by atoms with Gasteiger partial charge in [-0.25, -0.2) is 0 Å². The molecule has 1 heterocycles. The number of carbonyl (C=O) groups is 2. The summed E-state index contributed by atoms with van der Waals surface area (Å²) in [5.74, 6) is -0.235. The van der Waals surface area contributed by atoms with Gasteiger partial charge in [-0.15, -0.1) is 0 Å². The molecule has 1 rings (SSSR count). The minimum absolute atomic E-state index is 0.0328. The standard InChI is InChI=1S/C35H81NO11Si7/c1-26(38)36-30-34(47-54(20,21)22)32(45-52(14,15)16)28(25-40-48(2,3)4)41-35(30)39-24-29(43-50(8,9)10)33(46-53(17,18)19)31(44-51(11,12)13)27(23-37)42-49(5,6)7/h23,27-35H,24-25H2,1-22H3,(H,36,38). The number of ether oxygens (including phenoxy) is 2. The van der Waals surface area contributed by atoms with Crippen LogP contribution in [0.4, 0.5) is 0 Å². The van der Waals surface area contributed by atoms with Gasteiger partial charge in [-0.1, -0.05) is 0 Å². The van der Waals surface area contributed by atoms with Crippen molar-refractivity contribution in [2.45, 2.75) is 199 Å². The molecule has 1 saturated heterocycles. The lowest BCUT2D eigenvalue weighted by molar-refractivity contribution is -0.270. The maximum atomic E-state index is 12.9. The van der Waals surface area contributed by atoms with Crippen molar-refractivity contribution in [3.63, 3.8) is 0 Å². The fourth-order valence-corrected chi connectivity index (χ4v) is 13.1. The molecule has 0 bridgehead atoms. The number of amides is 1. The van der Waals surface area contributed by atoms with Gasteiger partial charge in [0.1, 0.15) is 42.8 Å². The van der Waals surface area contributed by atoms with Crippen molar-refractivity contribution in [2.75, 3.05) is 13.2 Å². The Kier molecular flexibility index (Phi) is 19.4. The highest BCUT2D eigenvalue weighted by atomic mass is 28.4. The normalized spacial score (nSPS) is 24.8. The largest absolute Gasteiger partial charge is 0.415 e. The van der Waals surface area contributed by atoms with E-state index in [4.69, 9.17) is 40.5 Å². The van der Waals surface area contributed by atoms with E-state index in [0.29, 0.717) is 6.61 Å². The van der Waals surface area contributed by atoms with Crippen LogP contribution >= 0.6 is 0 Å². The Morgan fingerprint density at radius 1 is 0.611 bits per heavy atom. The van der Waals surface area contributed by atoms with Gasteiger partial charge < -0.3 is 50.6 Å². The van der Waals surface area contributed by atoms with Gasteiger partial charge in [0.05, 0.1) is 25.4 Å². The Morgan fingerprint density at radius 2 is 1.06 bits per heavy atom. The first-order valence-electron chi connectivity index (χ1n) is 19.6. The number of rotatable bonds is 23. The van der Waals surface area contributed by atoms with Gasteiger partial charge in [-0.05, 0) is 137 Å². The number of hydrogen-bond acceptors (Lipinski definition) is 11. The SMILES string of the molecule is CC(=O)NC1C(OCC(O[Si](C)(C)C)C(O[Si](C)(C)C)C(O[Si](C)(C)C)C(C=O)O[Si](C)(C)C)OC(CO[Si](C)(C)C)C(O[Si](C)(C)C)C1O[Si](C)(C)C. The number of nitrogens with one attached hydrogen (secondary N) is 1. The molecule has 0 aliphatic carbocycles. The first-order chi connectivity index (χ1) is 23.9. The Balaban J connectivity index is 3.97. The lowest BCUT2D eigenvalue weighted by Crippen LogP contribution is -2.69. The molecule has 12 nitrogen and oxygen atoms in total. The Morgan fingerprint density at radius 3 is 1.44 bits per heavy atom. The minimum atomic E-state index is -2.30. The van der Waals surface area contributed by atoms with Gasteiger partial charge in [0.15, 0.2) is 64.5 Å². The van der Waals surface area contributed by atoms with Crippen LogP contribution < -0.4 is 5.32 Å². The molecular formula is C35H81NO11Si7. The molecule has 1 amide bonds. The Hall–Kier alpha value is 0.298. The van der Waals surface area contributed by atoms with Gasteiger partial charge in [0, 0.05) is 6.92 Å². The Labute approximate surface area is 337 Å². The van der Waals surface area contributed by atoms with E-state index in [-0.39, 0.29) is 12.5 Å². The molecule has 320 valence electrons. The lowest BCUT2D eigenvalue weighted by Gasteiger charge is -2.50. The molecule has 0 aromatic heterocycles. The second-order valence-electron chi connectivity index (χ2n) is 21.4. The molecule has 1 fully saturated rings. The summed E-state index contributed by atoms with van der Waals surface area (Å²) in [5.41, 5.74) is 0. The van der Waals surface area contributed by atoms with Crippen LogP contribution in [-0.4, -0.2) is 139 Å². The monoisotopic (exact) mass is 887 g/mol. The van der Waals surface area contributed by atoms with Crippen molar-refractivity contribution in [3.8, 4) is 0 Å². The maximum absolute atomic E-state index is 12.9. The quantitative estimate of drug-likeness (QED) is 0.0805. The first kappa shape index (κ1) is 52.3. The zero-order valence-electron chi connectivity index (χ0n) is 38.2. The number of carbonyl (C=O) groups excluding carboxylic acids is 2. The van der Waals surface area contributed by atoms with Crippen LogP contribution in [0.2, 0.25) is 137 Å². The summed E-state index contributed by atoms with van der Waals surface area (Å²) in [6, 6.07) is -0.699. The Bertz CT molecular complexity index is 1170. The van der Waals surface area contributed by atoms with E-state index in [9.17, 15) is 9.59 Å². The van der Waals surface area contributed by atoms with Gasteiger partial charge in [-0.3, -0.25) is 4.79 Å². The second-order valence-corrected chi connectivity index (χ2v) is 52.7. The van der Waals surface area contributed by atoms with E-state index in [0.717, 1.165) is 6.29 Å². The third-order valence-electron chi connectivity index (χ3n) is 7.22. The van der Waals surface area contributed by atoms with E-state index in [2.05, 4.69) is 143 Å². The van der Waals surface area contributed by atoms with Crippen LogP contribution in [0.1, 0.15) is 6.92 Å². The lowest BCUT2D eigenvalue weighted by atomic mass is 9.97. The van der Waals surface area contributed by atoms with E-state index in [1.165, 1.54) is 6.92 Å². The molecule has 0 saturated carbocycles. The summed E-state index contributed by atoms with van der Waals surface area (Å²) >= 11 is 0. The predicted molar refractivity (Wildman–Crippen MR) is 237 cm³/mol. The van der Waals surface area contributed by atoms with Crippen molar-refractivity contribution in [1.29, 1.82) is 0 Å². The molecule has 9 unspecified atom stereocenters. The van der Waals surface area contributed by atoms with E-state index < -0.39 is 113 Å². The molecule has 9 atom stereocenters. The van der Waals surface area contributed by atoms with Crippen LogP contribution in [0.25, 0.3) is 0 Å². The molecule has 1 aliphatic heterocycles. The topological polar surface area (TPSA) is 129 Å². The van der Waals surface area contributed by atoms with Crippen molar-refractivity contribution < 1.29 is 50.0 Å². The highest BCUT2D eigenvalue weighted by molar-refractivity contribution is 6.72. The molecule has 1 N–H and O–H groups in total. The van der Waals surface area contributed by atoms with Gasteiger partial charge in [0.25, 0.3) is 0 Å². The van der Waals surface area contributed by atoms with Crippen LogP contribution in [-0.2, 0) is 50.0 Å². The average molecular weight is 889 g/mol. The predicted octanol–water partition coefficient (Wildman–Crippen LogP) is 7.60. The molecule has 54 heavy (non-hydrogen) atoms. The van der Waals surface area contributed by atoms with Gasteiger partial charge in [0.2, 0.25) is 5.91 Å². The van der Waals surface area contributed by atoms with Crippen LogP contribution in [0, 0.1) is 0 Å². The van der Waals surface area contributed by atoms with Crippen molar-refractivity contribution in [2.24, 2.45) is 0 Å². The molecule has 19 heteroatoms. The highest BCUT2D eigenvalue weighted by Crippen LogP contribution is 2.33. The molecule has 0 radical (unpaired) electrons. The summed E-state index contributed by atoms with van der Waals surface area (Å²) in [6.07, 6.45) is -4.67. The highest BCUT2D eigenvalue weighted by Gasteiger charge is 2.52. The maximum Gasteiger partial charge on any atom is 0.217 e. The number of hydrogen-bond donors (Lipinski definition) is 1. The van der Waals surface area contributed by atoms with Crippen LogP contribution in [0.15, 0.2) is 0 Å². The first-order valence-corrected chi connectivity index (χ1v) is 43.4. The van der Waals surface area contributed by atoms with Crippen LogP contribution in [0.5, 0.6) is 0 Å². The second kappa shape index (κ2) is 20.0. The zero-order valence-corrected chi connectivity index (χ0v) is 45.2. The fraction of sp³-hybridized carbons (Fsp3) is 0.943. The van der Waals surface area contributed by atoms with Crippen LogP contribution in [0.3, 0.4) is 0 Å². The smallest absolute Gasteiger partial charge is 0.217 e.